The van der Waals surface area contributed by atoms with Gasteiger partial charge in [-0.3, -0.25) is 4.79 Å². The Balaban J connectivity index is 1.65. The molecule has 7 heteroatoms. The van der Waals surface area contributed by atoms with Gasteiger partial charge in [0.25, 0.3) is 5.91 Å². The molecule has 0 radical (unpaired) electrons. The fourth-order valence-electron chi connectivity index (χ4n) is 2.95. The van der Waals surface area contributed by atoms with Gasteiger partial charge in [0.05, 0.1) is 11.7 Å². The Bertz CT molecular complexity index is 992. The molecule has 0 bridgehead atoms. The molecule has 0 aliphatic rings. The topological polar surface area (TPSA) is 86.4 Å². The maximum Gasteiger partial charge on any atom is 0.336 e. The monoisotopic (exact) mass is 369 g/mol. The first kappa shape index (κ1) is 18.7. The van der Waals surface area contributed by atoms with Crippen molar-refractivity contribution >= 4 is 16.9 Å². The Morgan fingerprint density at radius 3 is 2.89 bits per heavy atom. The van der Waals surface area contributed by atoms with Crippen molar-refractivity contribution in [2.24, 2.45) is 0 Å². The molecule has 1 N–H and O–H groups in total. The highest BCUT2D eigenvalue weighted by molar-refractivity contribution is 5.88. The lowest BCUT2D eigenvalue weighted by Gasteiger charge is -2.17. The lowest BCUT2D eigenvalue weighted by Crippen LogP contribution is -2.37. The van der Waals surface area contributed by atoms with E-state index in [0.29, 0.717) is 23.3 Å². The van der Waals surface area contributed by atoms with Crippen LogP contribution >= 0.6 is 0 Å². The van der Waals surface area contributed by atoms with Gasteiger partial charge in [0.2, 0.25) is 0 Å². The van der Waals surface area contributed by atoms with Crippen LogP contribution in [0.4, 0.5) is 0 Å². The molecule has 0 saturated carbocycles. The number of fused-ring (bicyclic) bond motifs is 1. The predicted octanol–water partition coefficient (Wildman–Crippen LogP) is 2.58. The number of nitrogens with zero attached hydrogens (tertiary/aromatic N) is 2. The molecular weight excluding hydrogens is 346 g/mol. The third-order valence-corrected chi connectivity index (χ3v) is 4.27. The predicted molar refractivity (Wildman–Crippen MR) is 102 cm³/mol. The largest absolute Gasteiger partial charge is 0.480 e. The number of imidazole rings is 1. The van der Waals surface area contributed by atoms with Gasteiger partial charge in [0.1, 0.15) is 11.3 Å². The Morgan fingerprint density at radius 2 is 2.15 bits per heavy atom. The SMILES string of the molecule is Cc1cc(O[C@H](C)C(=O)NCCCn2ccnc2)c2c(C)cc(=O)oc2c1. The van der Waals surface area contributed by atoms with Crippen LogP contribution in [-0.4, -0.2) is 28.1 Å². The molecule has 0 spiro atoms. The first-order valence-corrected chi connectivity index (χ1v) is 8.89. The van der Waals surface area contributed by atoms with Gasteiger partial charge in [0, 0.05) is 31.5 Å². The van der Waals surface area contributed by atoms with Gasteiger partial charge in [-0.25, -0.2) is 9.78 Å². The number of hydrogen-bond acceptors (Lipinski definition) is 5. The lowest BCUT2D eigenvalue weighted by atomic mass is 10.1. The highest BCUT2D eigenvalue weighted by atomic mass is 16.5. The van der Waals surface area contributed by atoms with E-state index in [1.165, 1.54) is 6.07 Å². The Kier molecular flexibility index (Phi) is 5.59. The Morgan fingerprint density at radius 1 is 1.33 bits per heavy atom. The smallest absolute Gasteiger partial charge is 0.336 e. The number of ether oxygens (including phenoxy) is 1. The zero-order chi connectivity index (χ0) is 19.4. The minimum absolute atomic E-state index is 0.190. The van der Waals surface area contributed by atoms with E-state index in [4.69, 9.17) is 9.15 Å². The van der Waals surface area contributed by atoms with Crippen molar-refractivity contribution in [2.75, 3.05) is 6.54 Å². The summed E-state index contributed by atoms with van der Waals surface area (Å²) in [5, 5.41) is 3.59. The van der Waals surface area contributed by atoms with Crippen LogP contribution in [0, 0.1) is 13.8 Å². The summed E-state index contributed by atoms with van der Waals surface area (Å²) in [6.07, 6.45) is 5.49. The van der Waals surface area contributed by atoms with Crippen molar-refractivity contribution in [2.45, 2.75) is 39.8 Å². The average molecular weight is 369 g/mol. The van der Waals surface area contributed by atoms with E-state index in [1.54, 1.807) is 25.5 Å². The second-order valence-corrected chi connectivity index (χ2v) is 6.59. The van der Waals surface area contributed by atoms with E-state index in [-0.39, 0.29) is 5.91 Å². The van der Waals surface area contributed by atoms with E-state index in [1.807, 2.05) is 30.7 Å². The number of nitrogens with one attached hydrogen (secondary N) is 1. The number of hydrogen-bond donors (Lipinski definition) is 1. The van der Waals surface area contributed by atoms with Gasteiger partial charge < -0.3 is 19.0 Å². The summed E-state index contributed by atoms with van der Waals surface area (Å²) in [6.45, 7) is 6.75. The molecule has 1 atom stereocenters. The maximum atomic E-state index is 12.3. The first-order chi connectivity index (χ1) is 12.9. The number of benzene rings is 1. The molecule has 142 valence electrons. The molecule has 27 heavy (non-hydrogen) atoms. The molecule has 2 aromatic heterocycles. The van der Waals surface area contributed by atoms with Crippen molar-refractivity contribution < 1.29 is 13.9 Å². The molecule has 0 saturated heterocycles. The fraction of sp³-hybridized carbons (Fsp3) is 0.350. The normalized spacial score (nSPS) is 12.1. The number of carbonyl (C=O) groups is 1. The quantitative estimate of drug-likeness (QED) is 0.511. The number of rotatable bonds is 7. The van der Waals surface area contributed by atoms with Crippen LogP contribution in [-0.2, 0) is 11.3 Å². The molecule has 1 aromatic carbocycles. The van der Waals surface area contributed by atoms with E-state index in [2.05, 4.69) is 10.3 Å². The number of carbonyl (C=O) groups excluding carboxylic acids is 1. The van der Waals surface area contributed by atoms with Crippen molar-refractivity contribution in [1.82, 2.24) is 14.9 Å². The van der Waals surface area contributed by atoms with Crippen LogP contribution in [0.3, 0.4) is 0 Å². The summed E-state index contributed by atoms with van der Waals surface area (Å²) in [7, 11) is 0. The molecule has 7 nitrogen and oxygen atoms in total. The number of aryl methyl sites for hydroxylation is 3. The van der Waals surface area contributed by atoms with Crippen molar-refractivity contribution in [3.63, 3.8) is 0 Å². The molecular formula is C20H23N3O4. The maximum absolute atomic E-state index is 12.3. The third-order valence-electron chi connectivity index (χ3n) is 4.27. The van der Waals surface area contributed by atoms with E-state index in [0.717, 1.165) is 24.1 Å². The van der Waals surface area contributed by atoms with Crippen molar-refractivity contribution in [3.8, 4) is 5.75 Å². The standard InChI is InChI=1S/C20H23N3O4/c1-13-9-16(19-14(2)11-18(24)27-17(19)10-13)26-15(3)20(25)22-5-4-7-23-8-6-21-12-23/h6,8-12,15H,4-5,7H2,1-3H3,(H,22,25)/t15-/m1/s1. The summed E-state index contributed by atoms with van der Waals surface area (Å²) in [5.74, 6) is 0.345. The van der Waals surface area contributed by atoms with Gasteiger partial charge in [-0.15, -0.1) is 0 Å². The highest BCUT2D eigenvalue weighted by Crippen LogP contribution is 2.30. The summed E-state index contributed by atoms with van der Waals surface area (Å²) < 4.78 is 13.1. The first-order valence-electron chi connectivity index (χ1n) is 8.89. The van der Waals surface area contributed by atoms with Crippen LogP contribution in [0.15, 0.2) is 46.1 Å². The molecule has 2 heterocycles. The molecule has 3 rings (SSSR count). The summed E-state index contributed by atoms with van der Waals surface area (Å²) >= 11 is 0. The van der Waals surface area contributed by atoms with Crippen LogP contribution in [0.1, 0.15) is 24.5 Å². The van der Waals surface area contributed by atoms with Crippen LogP contribution in [0.5, 0.6) is 5.75 Å². The summed E-state index contributed by atoms with van der Waals surface area (Å²) in [5.41, 5.74) is 1.70. The Labute approximate surface area is 157 Å². The van der Waals surface area contributed by atoms with E-state index in [9.17, 15) is 9.59 Å². The van der Waals surface area contributed by atoms with E-state index >= 15 is 0 Å². The highest BCUT2D eigenvalue weighted by Gasteiger charge is 2.17. The molecule has 0 fully saturated rings. The minimum atomic E-state index is -0.672. The molecule has 3 aromatic rings. The zero-order valence-electron chi connectivity index (χ0n) is 15.7. The van der Waals surface area contributed by atoms with Crippen molar-refractivity contribution in [3.05, 3.63) is 58.5 Å². The molecule has 0 unspecified atom stereocenters. The van der Waals surface area contributed by atoms with Crippen molar-refractivity contribution in [1.29, 1.82) is 0 Å². The lowest BCUT2D eigenvalue weighted by molar-refractivity contribution is -0.127. The van der Waals surface area contributed by atoms with Crippen LogP contribution in [0.25, 0.3) is 11.0 Å². The third kappa shape index (κ3) is 4.55. The Hall–Kier alpha value is -3.09. The summed E-state index contributed by atoms with van der Waals surface area (Å²) in [6, 6.07) is 5.06. The van der Waals surface area contributed by atoms with Gasteiger partial charge in [-0.05, 0) is 50.5 Å². The zero-order valence-corrected chi connectivity index (χ0v) is 15.7. The minimum Gasteiger partial charge on any atom is -0.480 e. The fourth-order valence-corrected chi connectivity index (χ4v) is 2.95. The van der Waals surface area contributed by atoms with Crippen LogP contribution < -0.4 is 15.7 Å². The van der Waals surface area contributed by atoms with Gasteiger partial charge in [-0.2, -0.15) is 0 Å². The van der Waals surface area contributed by atoms with Crippen LogP contribution in [0.2, 0.25) is 0 Å². The second-order valence-electron chi connectivity index (χ2n) is 6.59. The van der Waals surface area contributed by atoms with Gasteiger partial charge in [0.15, 0.2) is 6.10 Å². The molecule has 0 aliphatic heterocycles. The number of aromatic nitrogens is 2. The average Bonchev–Trinajstić information content (AvgIpc) is 3.10. The molecule has 1 amide bonds. The van der Waals surface area contributed by atoms with Gasteiger partial charge in [-0.1, -0.05) is 0 Å². The van der Waals surface area contributed by atoms with Gasteiger partial charge >= 0.3 is 5.63 Å². The second kappa shape index (κ2) is 8.07. The van der Waals surface area contributed by atoms with E-state index < -0.39 is 11.7 Å². The molecule has 0 aliphatic carbocycles. The number of amides is 1. The summed E-state index contributed by atoms with van der Waals surface area (Å²) in [4.78, 5) is 27.9.